The summed E-state index contributed by atoms with van der Waals surface area (Å²) >= 11 is 0. The molecular formula is C36H44N4O5. The fourth-order valence-electron chi connectivity index (χ4n) is 6.40. The van der Waals surface area contributed by atoms with E-state index in [2.05, 4.69) is 41.1 Å². The summed E-state index contributed by atoms with van der Waals surface area (Å²) in [5, 5.41) is 4.01. The maximum absolute atomic E-state index is 13.4. The van der Waals surface area contributed by atoms with E-state index < -0.39 is 6.09 Å². The van der Waals surface area contributed by atoms with E-state index in [0.717, 1.165) is 37.9 Å². The van der Waals surface area contributed by atoms with E-state index in [4.69, 9.17) is 19.9 Å². The van der Waals surface area contributed by atoms with Crippen LogP contribution in [-0.2, 0) is 22.5 Å². The van der Waals surface area contributed by atoms with Crippen molar-refractivity contribution >= 4 is 28.6 Å². The van der Waals surface area contributed by atoms with Gasteiger partial charge in [0, 0.05) is 74.0 Å². The number of para-hydroxylation sites is 1. The van der Waals surface area contributed by atoms with Crippen LogP contribution in [0.1, 0.15) is 48.4 Å². The number of anilines is 1. The highest BCUT2D eigenvalue weighted by Crippen LogP contribution is 2.36. The van der Waals surface area contributed by atoms with Crippen molar-refractivity contribution in [1.29, 1.82) is 0 Å². The van der Waals surface area contributed by atoms with E-state index in [1.54, 1.807) is 38.5 Å². The van der Waals surface area contributed by atoms with Gasteiger partial charge in [0.05, 0.1) is 7.11 Å². The number of carbonyl (C=O) groups excluding carboxylic acids is 2. The van der Waals surface area contributed by atoms with Crippen LogP contribution in [0, 0.1) is 6.92 Å². The number of aryl methyl sites for hydroxylation is 2. The maximum atomic E-state index is 13.4. The van der Waals surface area contributed by atoms with E-state index in [1.807, 2.05) is 29.2 Å². The van der Waals surface area contributed by atoms with Gasteiger partial charge in [0.25, 0.3) is 0 Å². The number of benzene rings is 3. The summed E-state index contributed by atoms with van der Waals surface area (Å²) in [5.41, 5.74) is 12.0. The Hall–Kier alpha value is -4.34. The number of hydrogen-bond donors (Lipinski definition) is 2. The third-order valence-corrected chi connectivity index (χ3v) is 8.57. The largest absolute Gasteiger partial charge is 0.497 e. The number of methoxy groups -OCH3 is 2. The summed E-state index contributed by atoms with van der Waals surface area (Å²) in [5.74, 6) is 1.49. The number of ether oxygens (including phenoxy) is 3. The first-order valence-electron chi connectivity index (χ1n) is 15.7. The smallest absolute Gasteiger partial charge is 0.417 e. The molecule has 3 N–H and O–H groups in total. The molecule has 2 atom stereocenters. The zero-order valence-corrected chi connectivity index (χ0v) is 26.5. The van der Waals surface area contributed by atoms with Crippen molar-refractivity contribution in [3.05, 3.63) is 89.6 Å². The number of nitrogens with two attached hydrogens (primary N) is 1. The number of rotatable bonds is 12. The average molecular weight is 613 g/mol. The van der Waals surface area contributed by atoms with Crippen molar-refractivity contribution in [2.24, 2.45) is 5.73 Å². The van der Waals surface area contributed by atoms with Gasteiger partial charge in [-0.05, 0) is 86.2 Å². The van der Waals surface area contributed by atoms with Gasteiger partial charge in [-0.2, -0.15) is 0 Å². The van der Waals surface area contributed by atoms with Crippen LogP contribution in [0.5, 0.6) is 11.5 Å². The van der Waals surface area contributed by atoms with Crippen LogP contribution in [-0.4, -0.2) is 61.4 Å². The van der Waals surface area contributed by atoms with Gasteiger partial charge >= 0.3 is 6.09 Å². The minimum Gasteiger partial charge on any atom is -0.497 e. The molecule has 45 heavy (non-hydrogen) atoms. The fraction of sp³-hybridized carbons (Fsp3) is 0.389. The lowest BCUT2D eigenvalue weighted by Gasteiger charge is -2.34. The molecule has 1 saturated heterocycles. The van der Waals surface area contributed by atoms with Gasteiger partial charge in [-0.1, -0.05) is 30.3 Å². The molecule has 4 aromatic rings. The molecule has 1 fully saturated rings. The topological polar surface area (TPSA) is 108 Å². The minimum absolute atomic E-state index is 0.103. The van der Waals surface area contributed by atoms with E-state index in [0.29, 0.717) is 36.8 Å². The summed E-state index contributed by atoms with van der Waals surface area (Å²) < 4.78 is 18.2. The SMILES string of the molecule is COCCCn1c(C2CCCN(C(=O)C[C@H](N)Cc3ccc(NC(=O)Oc4ccc(OC)cc4)cc3)C2)c(C)c2ccccc21. The summed E-state index contributed by atoms with van der Waals surface area (Å²) in [7, 11) is 3.32. The van der Waals surface area contributed by atoms with Crippen molar-refractivity contribution < 1.29 is 23.8 Å². The predicted molar refractivity (Wildman–Crippen MR) is 177 cm³/mol. The first kappa shape index (κ1) is 32.1. The fourth-order valence-corrected chi connectivity index (χ4v) is 6.40. The Morgan fingerprint density at radius 1 is 1.00 bits per heavy atom. The second-order valence-electron chi connectivity index (χ2n) is 11.8. The Kier molecular flexibility index (Phi) is 10.8. The van der Waals surface area contributed by atoms with E-state index in [9.17, 15) is 9.59 Å². The van der Waals surface area contributed by atoms with Crippen molar-refractivity contribution in [3.8, 4) is 11.5 Å². The number of hydrogen-bond acceptors (Lipinski definition) is 6. The first-order valence-corrected chi connectivity index (χ1v) is 15.7. The summed E-state index contributed by atoms with van der Waals surface area (Å²) in [6.07, 6.45) is 3.24. The molecular weight excluding hydrogens is 568 g/mol. The number of likely N-dealkylation sites (tertiary alicyclic amines) is 1. The van der Waals surface area contributed by atoms with Gasteiger partial charge in [-0.25, -0.2) is 4.79 Å². The van der Waals surface area contributed by atoms with Crippen molar-refractivity contribution in [1.82, 2.24) is 9.47 Å². The maximum Gasteiger partial charge on any atom is 0.417 e. The minimum atomic E-state index is -0.583. The number of carbonyl (C=O) groups is 2. The number of piperidine rings is 1. The molecule has 0 bridgehead atoms. The number of aromatic nitrogens is 1. The molecule has 0 radical (unpaired) electrons. The van der Waals surface area contributed by atoms with Crippen LogP contribution < -0.4 is 20.5 Å². The molecule has 1 aliphatic rings. The summed E-state index contributed by atoms with van der Waals surface area (Å²) in [6.45, 7) is 5.29. The van der Waals surface area contributed by atoms with E-state index in [1.165, 1.54) is 22.2 Å². The Morgan fingerprint density at radius 3 is 2.47 bits per heavy atom. The third-order valence-electron chi connectivity index (χ3n) is 8.57. The third kappa shape index (κ3) is 8.04. The molecule has 1 aromatic heterocycles. The highest BCUT2D eigenvalue weighted by atomic mass is 16.6. The van der Waals surface area contributed by atoms with Gasteiger partial charge in [-0.15, -0.1) is 0 Å². The van der Waals surface area contributed by atoms with Crippen molar-refractivity contribution in [2.75, 3.05) is 39.2 Å². The van der Waals surface area contributed by atoms with Crippen LogP contribution in [0.25, 0.3) is 10.9 Å². The second kappa shape index (κ2) is 15.1. The van der Waals surface area contributed by atoms with Gasteiger partial charge in [-0.3, -0.25) is 10.1 Å². The zero-order chi connectivity index (χ0) is 31.8. The number of amides is 2. The average Bonchev–Trinajstić information content (AvgIpc) is 3.33. The Balaban J connectivity index is 1.15. The molecule has 3 aromatic carbocycles. The normalized spacial score (nSPS) is 15.6. The lowest BCUT2D eigenvalue weighted by atomic mass is 9.91. The lowest BCUT2D eigenvalue weighted by Crippen LogP contribution is -2.42. The molecule has 9 nitrogen and oxygen atoms in total. The molecule has 5 rings (SSSR count). The molecule has 0 saturated carbocycles. The predicted octanol–water partition coefficient (Wildman–Crippen LogP) is 6.27. The molecule has 0 spiro atoms. The first-order chi connectivity index (χ1) is 21.9. The van der Waals surface area contributed by atoms with Crippen molar-refractivity contribution in [3.63, 3.8) is 0 Å². The molecule has 1 aliphatic heterocycles. The molecule has 2 heterocycles. The number of fused-ring (bicyclic) bond motifs is 1. The quantitative estimate of drug-likeness (QED) is 0.183. The number of nitrogens with one attached hydrogen (secondary N) is 1. The zero-order valence-electron chi connectivity index (χ0n) is 26.5. The van der Waals surface area contributed by atoms with Gasteiger partial charge < -0.3 is 29.4 Å². The van der Waals surface area contributed by atoms with E-state index in [-0.39, 0.29) is 24.3 Å². The molecule has 0 aliphatic carbocycles. The van der Waals surface area contributed by atoms with Gasteiger partial charge in [0.15, 0.2) is 0 Å². The Bertz CT molecular complexity index is 1580. The molecule has 2 amide bonds. The van der Waals surface area contributed by atoms with E-state index >= 15 is 0 Å². The lowest BCUT2D eigenvalue weighted by molar-refractivity contribution is -0.132. The monoisotopic (exact) mass is 612 g/mol. The standard InChI is InChI=1S/C36H44N4O5/c1-25-32-9-4-5-10-33(32)40(20-7-21-43-2)35(25)27-8-6-19-39(24-27)34(41)23-28(37)22-26-11-13-29(14-12-26)38-36(42)45-31-17-15-30(44-3)16-18-31/h4-5,9-18,27-28H,6-8,19-24,37H2,1-3H3,(H,38,42)/t27?,28-/m1/s1. The summed E-state index contributed by atoms with van der Waals surface area (Å²) in [6, 6.07) is 22.5. The molecule has 9 heteroatoms. The van der Waals surface area contributed by atoms with Crippen LogP contribution in [0.15, 0.2) is 72.8 Å². The Labute approximate surface area is 265 Å². The van der Waals surface area contributed by atoms with Gasteiger partial charge in [0.2, 0.25) is 5.91 Å². The van der Waals surface area contributed by atoms with Crippen molar-refractivity contribution in [2.45, 2.75) is 57.5 Å². The van der Waals surface area contributed by atoms with Crippen LogP contribution >= 0.6 is 0 Å². The highest BCUT2D eigenvalue weighted by molar-refractivity contribution is 5.86. The second-order valence-corrected chi connectivity index (χ2v) is 11.8. The highest BCUT2D eigenvalue weighted by Gasteiger charge is 2.29. The Morgan fingerprint density at radius 2 is 1.73 bits per heavy atom. The van der Waals surface area contributed by atoms with Gasteiger partial charge in [0.1, 0.15) is 11.5 Å². The van der Waals surface area contributed by atoms with Crippen LogP contribution in [0.2, 0.25) is 0 Å². The van der Waals surface area contributed by atoms with Crippen LogP contribution in [0.3, 0.4) is 0 Å². The summed E-state index contributed by atoms with van der Waals surface area (Å²) in [4.78, 5) is 27.7. The van der Waals surface area contributed by atoms with Crippen LogP contribution in [0.4, 0.5) is 10.5 Å². The molecule has 238 valence electrons. The molecule has 1 unspecified atom stereocenters. The number of nitrogens with zero attached hydrogens (tertiary/aromatic N) is 2.